The van der Waals surface area contributed by atoms with Crippen molar-refractivity contribution in [3.8, 4) is 11.5 Å². The van der Waals surface area contributed by atoms with Crippen LogP contribution in [0, 0.1) is 11.9 Å². The first-order valence-electron chi connectivity index (χ1n) is 4.35. The van der Waals surface area contributed by atoms with Gasteiger partial charge in [0.2, 0.25) is 0 Å². The van der Waals surface area contributed by atoms with E-state index in [0.717, 1.165) is 4.47 Å². The molecule has 0 fully saturated rings. The van der Waals surface area contributed by atoms with E-state index in [1.54, 1.807) is 30.3 Å². The summed E-state index contributed by atoms with van der Waals surface area (Å²) in [6, 6.07) is 14.4. The summed E-state index contributed by atoms with van der Waals surface area (Å²) >= 11 is 3.28. The first-order valence-corrected chi connectivity index (χ1v) is 5.14. The highest BCUT2D eigenvalue weighted by atomic mass is 79.9. The molecule has 0 unspecified atom stereocenters. The van der Waals surface area contributed by atoms with Gasteiger partial charge in [-0.25, -0.2) is 4.39 Å². The average Bonchev–Trinajstić information content (AvgIpc) is 2.25. The summed E-state index contributed by atoms with van der Waals surface area (Å²) in [6.07, 6.45) is 0. The van der Waals surface area contributed by atoms with Gasteiger partial charge in [0.1, 0.15) is 5.75 Å². The largest absolute Gasteiger partial charge is 0.454 e. The van der Waals surface area contributed by atoms with E-state index in [1.807, 2.05) is 6.07 Å². The molecule has 0 amide bonds. The maximum atomic E-state index is 13.2. The molecule has 2 aromatic rings. The second kappa shape index (κ2) is 4.45. The smallest absolute Gasteiger partial charge is 0.165 e. The lowest BCUT2D eigenvalue weighted by Crippen LogP contribution is -1.87. The SMILES string of the molecule is Fc1ccccc1Oc1[c]cc(Br)cc1. The molecule has 0 atom stereocenters. The van der Waals surface area contributed by atoms with Crippen molar-refractivity contribution in [2.75, 3.05) is 0 Å². The maximum Gasteiger partial charge on any atom is 0.165 e. The molecule has 2 aromatic carbocycles. The first kappa shape index (κ1) is 10.2. The zero-order valence-electron chi connectivity index (χ0n) is 7.71. The van der Waals surface area contributed by atoms with Gasteiger partial charge in [-0.1, -0.05) is 28.1 Å². The van der Waals surface area contributed by atoms with Crippen molar-refractivity contribution in [2.45, 2.75) is 0 Å². The van der Waals surface area contributed by atoms with E-state index in [4.69, 9.17) is 4.74 Å². The summed E-state index contributed by atoms with van der Waals surface area (Å²) in [7, 11) is 0. The van der Waals surface area contributed by atoms with Crippen LogP contribution < -0.4 is 4.74 Å². The Labute approximate surface area is 95.6 Å². The number of ether oxygens (including phenoxy) is 1. The van der Waals surface area contributed by atoms with Crippen molar-refractivity contribution in [2.24, 2.45) is 0 Å². The van der Waals surface area contributed by atoms with Crippen LogP contribution in [0.1, 0.15) is 0 Å². The first-order chi connectivity index (χ1) is 7.25. The number of hydrogen-bond acceptors (Lipinski definition) is 1. The molecule has 1 radical (unpaired) electrons. The van der Waals surface area contributed by atoms with Crippen molar-refractivity contribution < 1.29 is 9.13 Å². The molecule has 75 valence electrons. The highest BCUT2D eigenvalue weighted by Crippen LogP contribution is 2.24. The molecule has 0 N–H and O–H groups in total. The van der Waals surface area contributed by atoms with Crippen LogP contribution in [-0.4, -0.2) is 0 Å². The van der Waals surface area contributed by atoms with Crippen LogP contribution in [0.15, 0.2) is 46.9 Å². The van der Waals surface area contributed by atoms with E-state index in [0.29, 0.717) is 5.75 Å². The Bertz CT molecular complexity index is 453. The second-order valence-corrected chi connectivity index (χ2v) is 3.82. The zero-order valence-corrected chi connectivity index (χ0v) is 9.29. The number of para-hydroxylation sites is 1. The third-order valence-corrected chi connectivity index (χ3v) is 2.30. The van der Waals surface area contributed by atoms with Crippen LogP contribution in [0.4, 0.5) is 4.39 Å². The van der Waals surface area contributed by atoms with Gasteiger partial charge in [-0.05, 0) is 30.3 Å². The molecule has 0 heterocycles. The molecule has 15 heavy (non-hydrogen) atoms. The summed E-state index contributed by atoms with van der Waals surface area (Å²) in [5, 5.41) is 0. The van der Waals surface area contributed by atoms with Crippen molar-refractivity contribution in [1.82, 2.24) is 0 Å². The molecule has 0 aliphatic carbocycles. The molecule has 2 rings (SSSR count). The van der Waals surface area contributed by atoms with Crippen LogP contribution in [-0.2, 0) is 0 Å². The molecular weight excluding hydrogens is 259 g/mol. The topological polar surface area (TPSA) is 9.23 Å². The predicted octanol–water partition coefficient (Wildman–Crippen LogP) is 4.18. The van der Waals surface area contributed by atoms with Gasteiger partial charge in [-0.2, -0.15) is 0 Å². The standard InChI is InChI=1S/C12H7BrFO/c13-9-5-7-10(8-6-9)15-12-4-2-1-3-11(12)14/h1-7H. The van der Waals surface area contributed by atoms with Crippen molar-refractivity contribution in [3.05, 3.63) is 58.8 Å². The van der Waals surface area contributed by atoms with Crippen LogP contribution in [0.3, 0.4) is 0 Å². The van der Waals surface area contributed by atoms with E-state index >= 15 is 0 Å². The number of rotatable bonds is 2. The normalized spacial score (nSPS) is 10.0. The van der Waals surface area contributed by atoms with Gasteiger partial charge in [-0.15, -0.1) is 0 Å². The highest BCUT2D eigenvalue weighted by Gasteiger charge is 2.02. The molecule has 0 saturated heterocycles. The molecule has 0 aliphatic heterocycles. The summed E-state index contributed by atoms with van der Waals surface area (Å²) in [6.45, 7) is 0. The third-order valence-electron chi connectivity index (χ3n) is 1.80. The summed E-state index contributed by atoms with van der Waals surface area (Å²) in [4.78, 5) is 0. The molecule has 3 heteroatoms. The maximum absolute atomic E-state index is 13.2. The fourth-order valence-electron chi connectivity index (χ4n) is 1.10. The molecule has 0 saturated carbocycles. The Morgan fingerprint density at radius 3 is 2.60 bits per heavy atom. The number of benzene rings is 2. The van der Waals surface area contributed by atoms with E-state index in [1.165, 1.54) is 6.07 Å². The van der Waals surface area contributed by atoms with E-state index < -0.39 is 0 Å². The molecule has 0 bridgehead atoms. The Morgan fingerprint density at radius 2 is 1.93 bits per heavy atom. The van der Waals surface area contributed by atoms with Crippen LogP contribution in [0.25, 0.3) is 0 Å². The molecule has 1 nitrogen and oxygen atoms in total. The molecule has 0 aromatic heterocycles. The quantitative estimate of drug-likeness (QED) is 0.792. The Balaban J connectivity index is 2.22. The van der Waals surface area contributed by atoms with Crippen LogP contribution in [0.5, 0.6) is 11.5 Å². The second-order valence-electron chi connectivity index (χ2n) is 2.90. The van der Waals surface area contributed by atoms with Crippen molar-refractivity contribution in [3.63, 3.8) is 0 Å². The number of halogens is 2. The van der Waals surface area contributed by atoms with E-state index in [2.05, 4.69) is 22.0 Å². The number of hydrogen-bond donors (Lipinski definition) is 0. The molecular formula is C12H7BrFO. The predicted molar refractivity (Wildman–Crippen MR) is 59.5 cm³/mol. The minimum Gasteiger partial charge on any atom is -0.454 e. The van der Waals surface area contributed by atoms with Crippen LogP contribution >= 0.6 is 15.9 Å². The van der Waals surface area contributed by atoms with Gasteiger partial charge in [0.05, 0.1) is 0 Å². The monoisotopic (exact) mass is 265 g/mol. The molecule has 0 spiro atoms. The minimum absolute atomic E-state index is 0.205. The fraction of sp³-hybridized carbons (Fsp3) is 0. The van der Waals surface area contributed by atoms with E-state index in [-0.39, 0.29) is 11.6 Å². The van der Waals surface area contributed by atoms with E-state index in [9.17, 15) is 4.39 Å². The Morgan fingerprint density at radius 1 is 1.13 bits per heavy atom. The van der Waals surface area contributed by atoms with Crippen molar-refractivity contribution in [1.29, 1.82) is 0 Å². The summed E-state index contributed by atoms with van der Waals surface area (Å²) in [5.41, 5.74) is 0. The van der Waals surface area contributed by atoms with Gasteiger partial charge < -0.3 is 4.74 Å². The van der Waals surface area contributed by atoms with Gasteiger partial charge in [-0.3, -0.25) is 0 Å². The molecule has 0 aliphatic rings. The lowest BCUT2D eigenvalue weighted by atomic mass is 10.3. The fourth-order valence-corrected chi connectivity index (χ4v) is 1.35. The van der Waals surface area contributed by atoms with Gasteiger partial charge in [0, 0.05) is 10.5 Å². The summed E-state index contributed by atoms with van der Waals surface area (Å²) < 4.78 is 19.4. The lowest BCUT2D eigenvalue weighted by molar-refractivity contribution is 0.441. The zero-order chi connectivity index (χ0) is 10.7. The lowest BCUT2D eigenvalue weighted by Gasteiger charge is -2.05. The Hall–Kier alpha value is -1.35. The van der Waals surface area contributed by atoms with Crippen molar-refractivity contribution >= 4 is 15.9 Å². The van der Waals surface area contributed by atoms with Gasteiger partial charge in [0.25, 0.3) is 0 Å². The van der Waals surface area contributed by atoms with Gasteiger partial charge >= 0.3 is 0 Å². The highest BCUT2D eigenvalue weighted by molar-refractivity contribution is 9.10. The average molecular weight is 266 g/mol. The minimum atomic E-state index is -0.381. The third kappa shape index (κ3) is 2.57. The Kier molecular flexibility index (Phi) is 3.02. The summed E-state index contributed by atoms with van der Waals surface area (Å²) in [5.74, 6) is 0.313. The van der Waals surface area contributed by atoms with Crippen LogP contribution in [0.2, 0.25) is 0 Å². The van der Waals surface area contributed by atoms with Gasteiger partial charge in [0.15, 0.2) is 11.6 Å².